The van der Waals surface area contributed by atoms with Crippen molar-refractivity contribution in [2.75, 3.05) is 19.6 Å². The molecule has 5 heteroatoms. The highest BCUT2D eigenvalue weighted by Crippen LogP contribution is 2.18. The van der Waals surface area contributed by atoms with Crippen LogP contribution in [0.4, 0.5) is 0 Å². The number of hydrogen-bond acceptors (Lipinski definition) is 4. The molecule has 96 valence electrons. The van der Waals surface area contributed by atoms with Crippen molar-refractivity contribution in [3.8, 4) is 5.75 Å². The second-order valence-electron chi connectivity index (χ2n) is 4.32. The summed E-state index contributed by atoms with van der Waals surface area (Å²) in [4.78, 5) is 17.1. The molecule has 0 unspecified atom stereocenters. The highest BCUT2D eigenvalue weighted by molar-refractivity contribution is 5.91. The number of carbonyl (C=O) groups is 1. The van der Waals surface area contributed by atoms with Gasteiger partial charge < -0.3 is 10.5 Å². The average molecular weight is 247 g/mol. The summed E-state index contributed by atoms with van der Waals surface area (Å²) in [5, 5.41) is 0. The Morgan fingerprint density at radius 1 is 1.67 bits per heavy atom. The maximum absolute atomic E-state index is 11.0. The summed E-state index contributed by atoms with van der Waals surface area (Å²) in [5.41, 5.74) is 5.39. The van der Waals surface area contributed by atoms with Crippen LogP contribution in [-0.2, 0) is 0 Å². The largest absolute Gasteiger partial charge is 0.488 e. The number of carbonyl (C=O) groups excluding carboxylic acids is 1. The minimum Gasteiger partial charge on any atom is -0.488 e. The second-order valence-corrected chi connectivity index (χ2v) is 4.32. The van der Waals surface area contributed by atoms with Crippen LogP contribution in [0.3, 0.4) is 0 Å². The monoisotopic (exact) mass is 247 g/mol. The molecule has 0 radical (unpaired) electrons. The van der Waals surface area contributed by atoms with Crippen LogP contribution in [0.1, 0.15) is 16.9 Å². The predicted octanol–water partition coefficient (Wildman–Crippen LogP) is 0.820. The molecule has 18 heavy (non-hydrogen) atoms. The van der Waals surface area contributed by atoms with E-state index in [1.807, 2.05) is 6.08 Å². The minimum atomic E-state index is -0.540. The number of rotatable bonds is 6. The van der Waals surface area contributed by atoms with Crippen LogP contribution in [0.15, 0.2) is 31.0 Å². The van der Waals surface area contributed by atoms with Gasteiger partial charge in [0.2, 0.25) is 0 Å². The van der Waals surface area contributed by atoms with Gasteiger partial charge >= 0.3 is 0 Å². The molecular formula is C13H17N3O2. The highest BCUT2D eigenvalue weighted by atomic mass is 16.5. The molecule has 5 nitrogen and oxygen atoms in total. The van der Waals surface area contributed by atoms with E-state index in [1.54, 1.807) is 12.1 Å². The fraction of sp³-hybridized carbons (Fsp3) is 0.385. The Bertz CT molecular complexity index is 442. The van der Waals surface area contributed by atoms with Crippen LogP contribution in [0.2, 0.25) is 0 Å². The Morgan fingerprint density at radius 2 is 2.44 bits per heavy atom. The molecule has 1 aromatic rings. The van der Waals surface area contributed by atoms with E-state index in [0.717, 1.165) is 26.1 Å². The SMILES string of the molecule is C=CCCN1CC(Oc2ccnc(C(N)=O)c2)C1. The van der Waals surface area contributed by atoms with Crippen molar-refractivity contribution < 1.29 is 9.53 Å². The lowest BCUT2D eigenvalue weighted by Crippen LogP contribution is -2.53. The lowest BCUT2D eigenvalue weighted by atomic mass is 10.1. The number of nitrogens with two attached hydrogens (primary N) is 1. The molecule has 1 aromatic heterocycles. The third kappa shape index (κ3) is 3.07. The van der Waals surface area contributed by atoms with E-state index in [2.05, 4.69) is 16.5 Å². The van der Waals surface area contributed by atoms with Gasteiger partial charge in [0.15, 0.2) is 0 Å². The molecule has 1 fully saturated rings. The number of ether oxygens (including phenoxy) is 1. The third-order valence-electron chi connectivity index (χ3n) is 2.86. The first-order chi connectivity index (χ1) is 8.69. The van der Waals surface area contributed by atoms with E-state index in [0.29, 0.717) is 5.75 Å². The van der Waals surface area contributed by atoms with E-state index in [9.17, 15) is 4.79 Å². The van der Waals surface area contributed by atoms with Crippen LogP contribution in [0.5, 0.6) is 5.75 Å². The molecule has 0 saturated carbocycles. The maximum atomic E-state index is 11.0. The van der Waals surface area contributed by atoms with Gasteiger partial charge in [0, 0.05) is 31.9 Å². The number of hydrogen-bond donors (Lipinski definition) is 1. The van der Waals surface area contributed by atoms with Crippen LogP contribution < -0.4 is 10.5 Å². The molecule has 0 aromatic carbocycles. The van der Waals surface area contributed by atoms with Crippen molar-refractivity contribution in [3.63, 3.8) is 0 Å². The first-order valence-corrected chi connectivity index (χ1v) is 5.95. The lowest BCUT2D eigenvalue weighted by molar-refractivity contribution is 0.0212. The fourth-order valence-corrected chi connectivity index (χ4v) is 1.87. The van der Waals surface area contributed by atoms with E-state index in [-0.39, 0.29) is 11.8 Å². The van der Waals surface area contributed by atoms with Crippen molar-refractivity contribution in [1.82, 2.24) is 9.88 Å². The molecular weight excluding hydrogens is 230 g/mol. The lowest BCUT2D eigenvalue weighted by Gasteiger charge is -2.38. The number of likely N-dealkylation sites (tertiary alicyclic amines) is 1. The van der Waals surface area contributed by atoms with Crippen molar-refractivity contribution in [1.29, 1.82) is 0 Å². The molecule has 0 bridgehead atoms. The summed E-state index contributed by atoms with van der Waals surface area (Å²) in [6, 6.07) is 3.31. The molecule has 1 saturated heterocycles. The quantitative estimate of drug-likeness (QED) is 0.756. The van der Waals surface area contributed by atoms with E-state index in [1.165, 1.54) is 6.20 Å². The Balaban J connectivity index is 1.83. The smallest absolute Gasteiger partial charge is 0.267 e. The van der Waals surface area contributed by atoms with Crippen molar-refractivity contribution in [2.24, 2.45) is 5.73 Å². The summed E-state index contributed by atoms with van der Waals surface area (Å²) in [6.45, 7) is 6.53. The molecule has 0 aliphatic carbocycles. The van der Waals surface area contributed by atoms with Crippen molar-refractivity contribution >= 4 is 5.91 Å². The number of amides is 1. The summed E-state index contributed by atoms with van der Waals surface area (Å²) in [7, 11) is 0. The van der Waals surface area contributed by atoms with Gasteiger partial charge in [-0.05, 0) is 12.5 Å². The Hall–Kier alpha value is -1.88. The van der Waals surface area contributed by atoms with Crippen LogP contribution in [0.25, 0.3) is 0 Å². The zero-order valence-electron chi connectivity index (χ0n) is 10.2. The van der Waals surface area contributed by atoms with Crippen LogP contribution >= 0.6 is 0 Å². The normalized spacial score (nSPS) is 16.0. The maximum Gasteiger partial charge on any atom is 0.267 e. The second kappa shape index (κ2) is 5.64. The molecule has 2 N–H and O–H groups in total. The van der Waals surface area contributed by atoms with Gasteiger partial charge in [-0.15, -0.1) is 6.58 Å². The zero-order valence-corrected chi connectivity index (χ0v) is 10.2. The van der Waals surface area contributed by atoms with Gasteiger partial charge in [-0.3, -0.25) is 14.7 Å². The topological polar surface area (TPSA) is 68.4 Å². The highest BCUT2D eigenvalue weighted by Gasteiger charge is 2.27. The van der Waals surface area contributed by atoms with E-state index >= 15 is 0 Å². The average Bonchev–Trinajstić information content (AvgIpc) is 2.32. The Morgan fingerprint density at radius 3 is 3.11 bits per heavy atom. The van der Waals surface area contributed by atoms with Crippen LogP contribution in [0, 0.1) is 0 Å². The summed E-state index contributed by atoms with van der Waals surface area (Å²) in [5.74, 6) is 0.105. The number of nitrogens with zero attached hydrogens (tertiary/aromatic N) is 2. The first-order valence-electron chi connectivity index (χ1n) is 5.95. The van der Waals surface area contributed by atoms with E-state index < -0.39 is 5.91 Å². The summed E-state index contributed by atoms with van der Waals surface area (Å²) in [6.07, 6.45) is 4.62. The van der Waals surface area contributed by atoms with Gasteiger partial charge in [-0.25, -0.2) is 0 Å². The number of primary amides is 1. The standard InChI is InChI=1S/C13H17N3O2/c1-2-3-6-16-8-11(9-16)18-10-4-5-15-12(7-10)13(14)17/h2,4-5,7,11H,1,3,6,8-9H2,(H2,14,17). The Labute approximate surface area is 106 Å². The van der Waals surface area contributed by atoms with E-state index in [4.69, 9.17) is 10.5 Å². The molecule has 2 rings (SSSR count). The Kier molecular flexibility index (Phi) is 3.94. The molecule has 0 atom stereocenters. The van der Waals surface area contributed by atoms with Gasteiger partial charge in [0.05, 0.1) is 0 Å². The van der Waals surface area contributed by atoms with Gasteiger partial charge in [-0.2, -0.15) is 0 Å². The first kappa shape index (κ1) is 12.6. The summed E-state index contributed by atoms with van der Waals surface area (Å²) >= 11 is 0. The molecule has 1 aliphatic heterocycles. The fourth-order valence-electron chi connectivity index (χ4n) is 1.87. The van der Waals surface area contributed by atoms with Gasteiger partial charge in [0.25, 0.3) is 5.91 Å². The molecule has 1 amide bonds. The molecule has 2 heterocycles. The van der Waals surface area contributed by atoms with Gasteiger partial charge in [0.1, 0.15) is 17.5 Å². The third-order valence-corrected chi connectivity index (χ3v) is 2.86. The summed E-state index contributed by atoms with van der Waals surface area (Å²) < 4.78 is 5.74. The predicted molar refractivity (Wildman–Crippen MR) is 68.4 cm³/mol. The van der Waals surface area contributed by atoms with Crippen molar-refractivity contribution in [2.45, 2.75) is 12.5 Å². The number of aromatic nitrogens is 1. The van der Waals surface area contributed by atoms with Crippen LogP contribution in [-0.4, -0.2) is 41.5 Å². The molecule has 1 aliphatic rings. The van der Waals surface area contributed by atoms with Gasteiger partial charge in [-0.1, -0.05) is 6.08 Å². The zero-order chi connectivity index (χ0) is 13.0. The van der Waals surface area contributed by atoms with Crippen molar-refractivity contribution in [3.05, 3.63) is 36.7 Å². The minimum absolute atomic E-state index is 0.179. The molecule has 0 spiro atoms. The number of pyridine rings is 1.